The minimum Gasteiger partial charge on any atom is -0.315 e. The Morgan fingerprint density at radius 1 is 1.06 bits per heavy atom. The molecule has 0 bridgehead atoms. The summed E-state index contributed by atoms with van der Waals surface area (Å²) in [6, 6.07) is 15.8. The van der Waals surface area contributed by atoms with Crippen LogP contribution in [-0.2, 0) is 6.42 Å². The van der Waals surface area contributed by atoms with Gasteiger partial charge in [0.15, 0.2) is 0 Å². The largest absolute Gasteiger partial charge is 0.315 e. The SMILES string of the molecule is CCNC(C)CCc1cccc2ccccc12. The molecule has 2 aromatic carbocycles. The van der Waals surface area contributed by atoms with Crippen LogP contribution in [0.15, 0.2) is 42.5 Å². The molecule has 0 aromatic heterocycles. The Morgan fingerprint density at radius 3 is 2.65 bits per heavy atom. The second-order valence-corrected chi connectivity index (χ2v) is 4.64. The van der Waals surface area contributed by atoms with Crippen LogP contribution < -0.4 is 5.32 Å². The van der Waals surface area contributed by atoms with Gasteiger partial charge in [0.25, 0.3) is 0 Å². The summed E-state index contributed by atoms with van der Waals surface area (Å²) in [7, 11) is 0. The average molecular weight is 227 g/mol. The predicted octanol–water partition coefficient (Wildman–Crippen LogP) is 3.77. The van der Waals surface area contributed by atoms with Crippen LogP contribution in [0, 0.1) is 0 Å². The topological polar surface area (TPSA) is 12.0 Å². The zero-order valence-corrected chi connectivity index (χ0v) is 10.7. The lowest BCUT2D eigenvalue weighted by molar-refractivity contribution is 0.531. The minimum atomic E-state index is 0.596. The second kappa shape index (κ2) is 5.83. The summed E-state index contributed by atoms with van der Waals surface area (Å²) in [5.74, 6) is 0. The first-order valence-electron chi connectivity index (χ1n) is 6.51. The van der Waals surface area contributed by atoms with E-state index in [4.69, 9.17) is 0 Å². The fourth-order valence-electron chi connectivity index (χ4n) is 2.33. The molecule has 0 aliphatic carbocycles. The molecule has 0 saturated heterocycles. The van der Waals surface area contributed by atoms with Crippen molar-refractivity contribution in [2.45, 2.75) is 32.7 Å². The first-order chi connectivity index (χ1) is 8.31. The lowest BCUT2D eigenvalue weighted by Crippen LogP contribution is -2.25. The summed E-state index contributed by atoms with van der Waals surface area (Å²) in [6.45, 7) is 5.47. The molecular weight excluding hydrogens is 206 g/mol. The van der Waals surface area contributed by atoms with E-state index in [1.807, 2.05) is 0 Å². The Morgan fingerprint density at radius 2 is 1.82 bits per heavy atom. The number of hydrogen-bond acceptors (Lipinski definition) is 1. The van der Waals surface area contributed by atoms with Crippen molar-refractivity contribution < 1.29 is 0 Å². The quantitative estimate of drug-likeness (QED) is 0.820. The molecule has 90 valence electrons. The molecule has 1 heteroatoms. The summed E-state index contributed by atoms with van der Waals surface area (Å²) in [5, 5.41) is 6.21. The fraction of sp³-hybridized carbons (Fsp3) is 0.375. The Hall–Kier alpha value is -1.34. The van der Waals surface area contributed by atoms with E-state index in [1.54, 1.807) is 0 Å². The molecule has 1 atom stereocenters. The third-order valence-corrected chi connectivity index (χ3v) is 3.28. The Kier molecular flexibility index (Phi) is 4.16. The van der Waals surface area contributed by atoms with E-state index in [1.165, 1.54) is 22.8 Å². The van der Waals surface area contributed by atoms with E-state index < -0.39 is 0 Å². The molecule has 0 saturated carbocycles. The second-order valence-electron chi connectivity index (χ2n) is 4.64. The average Bonchev–Trinajstić information content (AvgIpc) is 2.36. The third-order valence-electron chi connectivity index (χ3n) is 3.28. The minimum absolute atomic E-state index is 0.596. The summed E-state index contributed by atoms with van der Waals surface area (Å²) in [6.07, 6.45) is 2.34. The fourth-order valence-corrected chi connectivity index (χ4v) is 2.33. The van der Waals surface area contributed by atoms with Gasteiger partial charge >= 0.3 is 0 Å². The Labute approximate surface area is 104 Å². The van der Waals surface area contributed by atoms with Gasteiger partial charge in [-0.25, -0.2) is 0 Å². The number of rotatable bonds is 5. The standard InChI is InChI=1S/C16H21N/c1-3-17-13(2)11-12-15-9-6-8-14-7-4-5-10-16(14)15/h4-10,13,17H,3,11-12H2,1-2H3. The van der Waals surface area contributed by atoms with Crippen molar-refractivity contribution in [3.05, 3.63) is 48.0 Å². The lowest BCUT2D eigenvalue weighted by atomic mass is 9.99. The summed E-state index contributed by atoms with van der Waals surface area (Å²) < 4.78 is 0. The highest BCUT2D eigenvalue weighted by Gasteiger charge is 2.03. The first-order valence-corrected chi connectivity index (χ1v) is 6.51. The molecule has 1 nitrogen and oxygen atoms in total. The summed E-state index contributed by atoms with van der Waals surface area (Å²) in [5.41, 5.74) is 1.47. The van der Waals surface area contributed by atoms with Crippen molar-refractivity contribution in [3.8, 4) is 0 Å². The number of nitrogens with one attached hydrogen (secondary N) is 1. The van der Waals surface area contributed by atoms with Crippen LogP contribution in [0.1, 0.15) is 25.8 Å². The van der Waals surface area contributed by atoms with Crippen molar-refractivity contribution >= 4 is 10.8 Å². The molecule has 0 heterocycles. The van der Waals surface area contributed by atoms with Gasteiger partial charge in [-0.15, -0.1) is 0 Å². The molecule has 1 unspecified atom stereocenters. The van der Waals surface area contributed by atoms with E-state index in [0.717, 1.165) is 13.0 Å². The highest BCUT2D eigenvalue weighted by atomic mass is 14.9. The molecule has 0 aliphatic heterocycles. The third kappa shape index (κ3) is 3.07. The molecule has 0 aliphatic rings. The van der Waals surface area contributed by atoms with E-state index >= 15 is 0 Å². The van der Waals surface area contributed by atoms with Crippen molar-refractivity contribution in [2.75, 3.05) is 6.54 Å². The summed E-state index contributed by atoms with van der Waals surface area (Å²) in [4.78, 5) is 0. The van der Waals surface area contributed by atoms with Gasteiger partial charge in [-0.1, -0.05) is 49.4 Å². The van der Waals surface area contributed by atoms with Crippen molar-refractivity contribution in [1.29, 1.82) is 0 Å². The maximum atomic E-state index is 3.46. The lowest BCUT2D eigenvalue weighted by Gasteiger charge is -2.13. The van der Waals surface area contributed by atoms with E-state index in [0.29, 0.717) is 6.04 Å². The molecule has 0 spiro atoms. The molecular formula is C16H21N. The molecule has 2 rings (SSSR count). The molecule has 0 radical (unpaired) electrons. The van der Waals surface area contributed by atoms with Crippen LogP contribution in [0.25, 0.3) is 10.8 Å². The van der Waals surface area contributed by atoms with Gasteiger partial charge in [0.05, 0.1) is 0 Å². The molecule has 0 amide bonds. The highest BCUT2D eigenvalue weighted by molar-refractivity contribution is 5.85. The molecule has 17 heavy (non-hydrogen) atoms. The van der Waals surface area contributed by atoms with Crippen LogP contribution in [0.5, 0.6) is 0 Å². The van der Waals surface area contributed by atoms with Crippen LogP contribution in [-0.4, -0.2) is 12.6 Å². The predicted molar refractivity (Wildman–Crippen MR) is 75.4 cm³/mol. The Bertz CT molecular complexity index is 470. The van der Waals surface area contributed by atoms with Crippen molar-refractivity contribution in [1.82, 2.24) is 5.32 Å². The number of benzene rings is 2. The first kappa shape index (κ1) is 12.1. The number of aryl methyl sites for hydroxylation is 1. The van der Waals surface area contributed by atoms with Gasteiger partial charge in [0, 0.05) is 6.04 Å². The normalized spacial score (nSPS) is 12.8. The number of fused-ring (bicyclic) bond motifs is 1. The van der Waals surface area contributed by atoms with E-state index in [-0.39, 0.29) is 0 Å². The zero-order chi connectivity index (χ0) is 12.1. The monoisotopic (exact) mass is 227 g/mol. The van der Waals surface area contributed by atoms with Gasteiger partial charge in [-0.05, 0) is 42.6 Å². The van der Waals surface area contributed by atoms with Crippen LogP contribution >= 0.6 is 0 Å². The van der Waals surface area contributed by atoms with Crippen molar-refractivity contribution in [2.24, 2.45) is 0 Å². The molecule has 1 N–H and O–H groups in total. The number of hydrogen-bond donors (Lipinski definition) is 1. The maximum Gasteiger partial charge on any atom is 0.00417 e. The van der Waals surface area contributed by atoms with Gasteiger partial charge in [0.1, 0.15) is 0 Å². The van der Waals surface area contributed by atoms with Crippen LogP contribution in [0.4, 0.5) is 0 Å². The smallest absolute Gasteiger partial charge is 0.00417 e. The summed E-state index contributed by atoms with van der Waals surface area (Å²) >= 11 is 0. The van der Waals surface area contributed by atoms with Gasteiger partial charge in [-0.2, -0.15) is 0 Å². The van der Waals surface area contributed by atoms with Crippen LogP contribution in [0.2, 0.25) is 0 Å². The van der Waals surface area contributed by atoms with Gasteiger partial charge in [-0.3, -0.25) is 0 Å². The van der Waals surface area contributed by atoms with Crippen LogP contribution in [0.3, 0.4) is 0 Å². The van der Waals surface area contributed by atoms with E-state index in [2.05, 4.69) is 61.6 Å². The molecule has 2 aromatic rings. The van der Waals surface area contributed by atoms with E-state index in [9.17, 15) is 0 Å². The zero-order valence-electron chi connectivity index (χ0n) is 10.7. The maximum absolute atomic E-state index is 3.46. The Balaban J connectivity index is 2.13. The molecule has 0 fully saturated rings. The van der Waals surface area contributed by atoms with Gasteiger partial charge in [0.2, 0.25) is 0 Å². The van der Waals surface area contributed by atoms with Gasteiger partial charge < -0.3 is 5.32 Å². The van der Waals surface area contributed by atoms with Crippen molar-refractivity contribution in [3.63, 3.8) is 0 Å². The highest BCUT2D eigenvalue weighted by Crippen LogP contribution is 2.20.